The topological polar surface area (TPSA) is 61.4 Å². The fraction of sp³-hybridized carbons (Fsp3) is 0.278. The fourth-order valence-electron chi connectivity index (χ4n) is 2.84. The molecular formula is C18H20Cl2N2O2. The Hall–Kier alpha value is -1.59. The second-order valence-corrected chi connectivity index (χ2v) is 6.08. The Labute approximate surface area is 152 Å². The van der Waals surface area contributed by atoms with Gasteiger partial charge in [0.2, 0.25) is 5.91 Å². The van der Waals surface area contributed by atoms with Gasteiger partial charge in [-0.3, -0.25) is 4.79 Å². The molecule has 2 aromatic rings. The summed E-state index contributed by atoms with van der Waals surface area (Å²) in [4.78, 5) is 12.4. The zero-order valence-corrected chi connectivity index (χ0v) is 14.6. The maximum absolute atomic E-state index is 12.4. The number of carbonyl (C=O) groups excluding carboxylic acids is 1. The second-order valence-electron chi connectivity index (χ2n) is 5.65. The van der Waals surface area contributed by atoms with Crippen LogP contribution in [0.2, 0.25) is 5.02 Å². The van der Waals surface area contributed by atoms with Gasteiger partial charge in [-0.15, -0.1) is 12.4 Å². The molecule has 1 aliphatic heterocycles. The van der Waals surface area contributed by atoms with Gasteiger partial charge >= 0.3 is 0 Å². The van der Waals surface area contributed by atoms with Crippen molar-refractivity contribution >= 4 is 29.9 Å². The van der Waals surface area contributed by atoms with Crippen LogP contribution in [0.5, 0.6) is 0 Å². The normalized spacial score (nSPS) is 17.3. The van der Waals surface area contributed by atoms with Crippen molar-refractivity contribution in [3.63, 3.8) is 0 Å². The number of nitrogens with one attached hydrogen (secondary N) is 2. The van der Waals surface area contributed by atoms with Crippen molar-refractivity contribution in [2.24, 2.45) is 0 Å². The number of fused-ring (bicyclic) bond motifs is 1. The highest BCUT2D eigenvalue weighted by Gasteiger charge is 2.25. The van der Waals surface area contributed by atoms with Crippen molar-refractivity contribution in [1.29, 1.82) is 0 Å². The van der Waals surface area contributed by atoms with Gasteiger partial charge in [0.15, 0.2) is 0 Å². The molecule has 3 N–H and O–H groups in total. The average Bonchev–Trinajstić information content (AvgIpc) is 2.59. The molecule has 128 valence electrons. The quantitative estimate of drug-likeness (QED) is 0.779. The molecule has 6 heteroatoms. The average molecular weight is 367 g/mol. The van der Waals surface area contributed by atoms with Gasteiger partial charge in [0, 0.05) is 18.1 Å². The maximum Gasteiger partial charge on any atom is 0.241 e. The van der Waals surface area contributed by atoms with Crippen molar-refractivity contribution in [3.05, 3.63) is 70.2 Å². The predicted molar refractivity (Wildman–Crippen MR) is 97.6 cm³/mol. The summed E-state index contributed by atoms with van der Waals surface area (Å²) >= 11 is 5.83. The lowest BCUT2D eigenvalue weighted by Crippen LogP contribution is -2.42. The largest absolute Gasteiger partial charge is 0.387 e. The molecule has 0 aliphatic carbocycles. The highest BCUT2D eigenvalue weighted by atomic mass is 35.5. The number of amides is 1. The molecule has 0 aromatic heterocycles. The molecule has 3 rings (SSSR count). The van der Waals surface area contributed by atoms with E-state index in [9.17, 15) is 9.90 Å². The number of rotatable bonds is 4. The first-order valence-electron chi connectivity index (χ1n) is 7.67. The summed E-state index contributed by atoms with van der Waals surface area (Å²) in [7, 11) is 0. The summed E-state index contributed by atoms with van der Waals surface area (Å²) in [6.45, 7) is 0.940. The van der Waals surface area contributed by atoms with E-state index < -0.39 is 6.10 Å². The fourth-order valence-corrected chi connectivity index (χ4v) is 2.97. The highest BCUT2D eigenvalue weighted by molar-refractivity contribution is 6.30. The Balaban J connectivity index is 0.00000208. The third-order valence-electron chi connectivity index (χ3n) is 4.10. The number of aliphatic hydroxyl groups is 1. The first-order valence-corrected chi connectivity index (χ1v) is 8.05. The molecule has 0 radical (unpaired) electrons. The lowest BCUT2D eigenvalue weighted by atomic mass is 9.94. The van der Waals surface area contributed by atoms with Crippen molar-refractivity contribution in [2.75, 3.05) is 13.1 Å². The zero-order chi connectivity index (χ0) is 16.2. The zero-order valence-electron chi connectivity index (χ0n) is 13.0. The molecule has 1 aliphatic rings. The van der Waals surface area contributed by atoms with Crippen LogP contribution in [-0.4, -0.2) is 24.1 Å². The molecule has 2 aromatic carbocycles. The third-order valence-corrected chi connectivity index (χ3v) is 4.35. The van der Waals surface area contributed by atoms with Crippen LogP contribution < -0.4 is 10.6 Å². The number of halogens is 2. The van der Waals surface area contributed by atoms with Gasteiger partial charge in [0.25, 0.3) is 0 Å². The van der Waals surface area contributed by atoms with Gasteiger partial charge in [0.05, 0.1) is 6.10 Å². The molecule has 0 spiro atoms. The Morgan fingerprint density at radius 1 is 1.25 bits per heavy atom. The maximum atomic E-state index is 12.4. The molecule has 2 atom stereocenters. The number of hydrogen-bond acceptors (Lipinski definition) is 3. The van der Waals surface area contributed by atoms with E-state index in [1.54, 1.807) is 24.3 Å². The first kappa shape index (κ1) is 18.7. The molecule has 0 saturated carbocycles. The van der Waals surface area contributed by atoms with Crippen LogP contribution in [0.25, 0.3) is 0 Å². The molecule has 1 heterocycles. The van der Waals surface area contributed by atoms with Gasteiger partial charge in [-0.05, 0) is 35.2 Å². The van der Waals surface area contributed by atoms with Crippen molar-refractivity contribution in [3.8, 4) is 0 Å². The van der Waals surface area contributed by atoms with E-state index in [1.807, 2.05) is 18.2 Å². The van der Waals surface area contributed by atoms with Crippen molar-refractivity contribution < 1.29 is 9.90 Å². The van der Waals surface area contributed by atoms with Crippen LogP contribution >= 0.6 is 24.0 Å². The predicted octanol–water partition coefficient (Wildman–Crippen LogP) is 2.80. The van der Waals surface area contributed by atoms with Crippen LogP contribution in [-0.2, 0) is 11.2 Å². The summed E-state index contributed by atoms with van der Waals surface area (Å²) in [5.41, 5.74) is 2.94. The van der Waals surface area contributed by atoms with Crippen LogP contribution in [0, 0.1) is 0 Å². The smallest absolute Gasteiger partial charge is 0.241 e. The molecule has 24 heavy (non-hydrogen) atoms. The number of benzene rings is 2. The first-order chi connectivity index (χ1) is 11.1. The summed E-state index contributed by atoms with van der Waals surface area (Å²) in [6, 6.07) is 14.6. The van der Waals surface area contributed by atoms with E-state index in [0.29, 0.717) is 5.02 Å². The van der Waals surface area contributed by atoms with Crippen LogP contribution in [0.4, 0.5) is 0 Å². The van der Waals surface area contributed by atoms with E-state index in [2.05, 4.69) is 16.7 Å². The Morgan fingerprint density at radius 3 is 2.71 bits per heavy atom. The number of carbonyl (C=O) groups is 1. The molecule has 1 amide bonds. The van der Waals surface area contributed by atoms with Crippen LogP contribution in [0.3, 0.4) is 0 Å². The van der Waals surface area contributed by atoms with E-state index in [0.717, 1.165) is 24.1 Å². The Morgan fingerprint density at radius 2 is 1.96 bits per heavy atom. The monoisotopic (exact) mass is 366 g/mol. The molecular weight excluding hydrogens is 347 g/mol. The van der Waals surface area contributed by atoms with Gasteiger partial charge in [-0.1, -0.05) is 48.0 Å². The van der Waals surface area contributed by atoms with Gasteiger partial charge in [-0.25, -0.2) is 0 Å². The molecule has 0 saturated heterocycles. The minimum absolute atomic E-state index is 0. The highest BCUT2D eigenvalue weighted by Crippen LogP contribution is 2.23. The molecule has 4 nitrogen and oxygen atoms in total. The minimum Gasteiger partial charge on any atom is -0.387 e. The summed E-state index contributed by atoms with van der Waals surface area (Å²) in [6.07, 6.45) is 0.169. The summed E-state index contributed by atoms with van der Waals surface area (Å²) in [5.74, 6) is -0.120. The molecule has 2 unspecified atom stereocenters. The SMILES string of the molecule is Cl.O=C(NCC(O)c1ccc(Cl)cc1)C1NCCc2ccccc21. The summed E-state index contributed by atoms with van der Waals surface area (Å²) < 4.78 is 0. The molecule has 0 fully saturated rings. The van der Waals surface area contributed by atoms with E-state index >= 15 is 0 Å². The lowest BCUT2D eigenvalue weighted by Gasteiger charge is -2.26. The van der Waals surface area contributed by atoms with Crippen LogP contribution in [0.1, 0.15) is 28.8 Å². The third kappa shape index (κ3) is 4.28. The van der Waals surface area contributed by atoms with Gasteiger partial charge < -0.3 is 15.7 Å². The molecule has 0 bridgehead atoms. The minimum atomic E-state index is -0.755. The van der Waals surface area contributed by atoms with Crippen LogP contribution in [0.15, 0.2) is 48.5 Å². The van der Waals surface area contributed by atoms with Crippen molar-refractivity contribution in [2.45, 2.75) is 18.6 Å². The van der Waals surface area contributed by atoms with E-state index in [1.165, 1.54) is 5.56 Å². The number of aliphatic hydroxyl groups excluding tert-OH is 1. The van der Waals surface area contributed by atoms with E-state index in [4.69, 9.17) is 11.6 Å². The second kappa shape index (κ2) is 8.49. The standard InChI is InChI=1S/C18H19ClN2O2.ClH/c19-14-7-5-13(6-8-14)16(22)11-21-18(23)17-15-4-2-1-3-12(15)9-10-20-17;/h1-8,16-17,20,22H,9-11H2,(H,21,23);1H. The van der Waals surface area contributed by atoms with E-state index in [-0.39, 0.29) is 30.9 Å². The van der Waals surface area contributed by atoms with Crippen molar-refractivity contribution in [1.82, 2.24) is 10.6 Å². The number of hydrogen-bond donors (Lipinski definition) is 3. The van der Waals surface area contributed by atoms with Gasteiger partial charge in [0.1, 0.15) is 6.04 Å². The lowest BCUT2D eigenvalue weighted by molar-refractivity contribution is -0.123. The van der Waals surface area contributed by atoms with Gasteiger partial charge in [-0.2, -0.15) is 0 Å². The summed E-state index contributed by atoms with van der Waals surface area (Å²) in [5, 5.41) is 16.9. The Kier molecular flexibility index (Phi) is 6.63. The Bertz CT molecular complexity index is 692.